The van der Waals surface area contributed by atoms with Gasteiger partial charge in [0.05, 0.1) is 5.92 Å². The summed E-state index contributed by atoms with van der Waals surface area (Å²) in [7, 11) is 0. The summed E-state index contributed by atoms with van der Waals surface area (Å²) in [5, 5.41) is 13.8. The largest absolute Gasteiger partial charge is 0.476 e. The quantitative estimate of drug-likeness (QED) is 0.726. The van der Waals surface area contributed by atoms with Crippen LogP contribution in [0.15, 0.2) is 60.7 Å². The Kier molecular flexibility index (Phi) is 5.16. The highest BCUT2D eigenvalue weighted by Crippen LogP contribution is 2.30. The number of rotatable bonds is 5. The summed E-state index contributed by atoms with van der Waals surface area (Å²) >= 11 is 0. The van der Waals surface area contributed by atoms with Crippen molar-refractivity contribution in [2.24, 2.45) is 0 Å². The molecule has 1 aromatic heterocycles. The van der Waals surface area contributed by atoms with Gasteiger partial charge in [0.1, 0.15) is 0 Å². The lowest BCUT2D eigenvalue weighted by atomic mass is 9.89. The summed E-state index contributed by atoms with van der Waals surface area (Å²) in [4.78, 5) is 27.1. The van der Waals surface area contributed by atoms with Crippen molar-refractivity contribution in [1.29, 1.82) is 0 Å². The topological polar surface area (TPSA) is 75.4 Å². The number of aromatic nitrogens is 2. The van der Waals surface area contributed by atoms with E-state index in [0.717, 1.165) is 16.8 Å². The predicted molar refractivity (Wildman–Crippen MR) is 109 cm³/mol. The van der Waals surface area contributed by atoms with Crippen LogP contribution in [-0.4, -0.2) is 38.2 Å². The van der Waals surface area contributed by atoms with E-state index >= 15 is 0 Å². The number of carbonyl (C=O) groups excluding carboxylic acids is 1. The van der Waals surface area contributed by atoms with Gasteiger partial charge in [0.2, 0.25) is 5.91 Å². The zero-order chi connectivity index (χ0) is 20.4. The van der Waals surface area contributed by atoms with Gasteiger partial charge in [0.15, 0.2) is 5.69 Å². The number of carboxylic acids is 1. The number of aryl methyl sites for hydroxylation is 1. The van der Waals surface area contributed by atoms with E-state index in [9.17, 15) is 14.7 Å². The number of carboxylic acid groups (broad SMARTS) is 1. The van der Waals surface area contributed by atoms with E-state index in [-0.39, 0.29) is 18.1 Å². The third-order valence-electron chi connectivity index (χ3n) is 5.46. The molecule has 6 nitrogen and oxygen atoms in total. The molecule has 1 aliphatic heterocycles. The van der Waals surface area contributed by atoms with E-state index in [2.05, 4.69) is 5.10 Å². The van der Waals surface area contributed by atoms with E-state index in [1.807, 2.05) is 67.6 Å². The van der Waals surface area contributed by atoms with Crippen molar-refractivity contribution in [3.63, 3.8) is 0 Å². The molecule has 3 aromatic rings. The van der Waals surface area contributed by atoms with Crippen LogP contribution >= 0.6 is 0 Å². The molecular formula is C23H23N3O3. The molecule has 0 saturated carbocycles. The first kappa shape index (κ1) is 18.9. The minimum atomic E-state index is -1.05. The normalized spacial score (nSPS) is 13.4. The van der Waals surface area contributed by atoms with Gasteiger partial charge in [0.25, 0.3) is 0 Å². The van der Waals surface area contributed by atoms with Gasteiger partial charge >= 0.3 is 5.97 Å². The van der Waals surface area contributed by atoms with E-state index in [1.165, 1.54) is 0 Å². The van der Waals surface area contributed by atoms with Crippen LogP contribution in [0.3, 0.4) is 0 Å². The summed E-state index contributed by atoms with van der Waals surface area (Å²) < 4.78 is 1.74. The first-order valence-electron chi connectivity index (χ1n) is 9.80. The molecule has 148 valence electrons. The lowest BCUT2D eigenvalue weighted by Crippen LogP contribution is -2.40. The monoisotopic (exact) mass is 389 g/mol. The van der Waals surface area contributed by atoms with Crippen molar-refractivity contribution < 1.29 is 14.7 Å². The van der Waals surface area contributed by atoms with Gasteiger partial charge in [0, 0.05) is 37.3 Å². The number of nitrogens with zero attached hydrogens (tertiary/aromatic N) is 3. The van der Waals surface area contributed by atoms with E-state index < -0.39 is 11.9 Å². The molecule has 0 atom stereocenters. The van der Waals surface area contributed by atoms with E-state index in [0.29, 0.717) is 25.1 Å². The zero-order valence-corrected chi connectivity index (χ0v) is 16.3. The Balaban J connectivity index is 1.70. The lowest BCUT2D eigenvalue weighted by molar-refractivity contribution is -0.132. The fourth-order valence-corrected chi connectivity index (χ4v) is 4.06. The van der Waals surface area contributed by atoms with E-state index in [4.69, 9.17) is 0 Å². The number of hydrogen-bond donors (Lipinski definition) is 1. The van der Waals surface area contributed by atoms with Gasteiger partial charge in [-0.3, -0.25) is 9.48 Å². The van der Waals surface area contributed by atoms with Crippen LogP contribution in [0.4, 0.5) is 0 Å². The maximum Gasteiger partial charge on any atom is 0.356 e. The molecule has 0 fully saturated rings. The number of carbonyl (C=O) groups is 2. The smallest absolute Gasteiger partial charge is 0.356 e. The average molecular weight is 389 g/mol. The highest BCUT2D eigenvalue weighted by atomic mass is 16.4. The van der Waals surface area contributed by atoms with Gasteiger partial charge in [-0.15, -0.1) is 0 Å². The minimum absolute atomic E-state index is 0.0198. The van der Waals surface area contributed by atoms with Gasteiger partial charge in [-0.05, 0) is 18.1 Å². The van der Waals surface area contributed by atoms with Crippen LogP contribution in [0, 0.1) is 0 Å². The summed E-state index contributed by atoms with van der Waals surface area (Å²) in [5.41, 5.74) is 3.48. The Hall–Kier alpha value is -3.41. The summed E-state index contributed by atoms with van der Waals surface area (Å²) in [5.74, 6) is -1.49. The van der Waals surface area contributed by atoms with Gasteiger partial charge < -0.3 is 10.0 Å². The zero-order valence-electron chi connectivity index (χ0n) is 16.3. The van der Waals surface area contributed by atoms with Crippen LogP contribution in [0.25, 0.3) is 0 Å². The highest BCUT2D eigenvalue weighted by Gasteiger charge is 2.33. The second-order valence-electron chi connectivity index (χ2n) is 7.16. The maximum atomic E-state index is 13.6. The molecule has 1 N–H and O–H groups in total. The Labute approximate surface area is 169 Å². The Morgan fingerprint density at radius 3 is 2.14 bits per heavy atom. The number of fused-ring (bicyclic) bond motifs is 1. The molecule has 0 spiro atoms. The minimum Gasteiger partial charge on any atom is -0.476 e. The number of hydrogen-bond acceptors (Lipinski definition) is 3. The van der Waals surface area contributed by atoms with Crippen molar-refractivity contribution in [1.82, 2.24) is 14.7 Å². The third kappa shape index (κ3) is 3.53. The van der Waals surface area contributed by atoms with Crippen LogP contribution in [0.1, 0.15) is 45.7 Å². The van der Waals surface area contributed by atoms with Crippen LogP contribution < -0.4 is 0 Å². The molecule has 0 bridgehead atoms. The molecule has 1 amide bonds. The predicted octanol–water partition coefficient (Wildman–Crippen LogP) is 3.32. The SMILES string of the molecule is CCn1nc(C(=O)O)c2c1CCN(C(=O)C(c1ccccc1)c1ccccc1)C2. The fraction of sp³-hybridized carbons (Fsp3) is 0.261. The standard InChI is InChI=1S/C23H23N3O3/c1-2-26-19-13-14-25(15-18(19)21(24-26)23(28)29)22(27)20(16-9-5-3-6-10-16)17-11-7-4-8-12-17/h3-12,20H,2,13-15H2,1H3,(H,28,29). The van der Waals surface area contributed by atoms with Gasteiger partial charge in [-0.25, -0.2) is 4.79 Å². The maximum absolute atomic E-state index is 13.6. The van der Waals surface area contributed by atoms with E-state index in [1.54, 1.807) is 9.58 Å². The molecule has 0 unspecified atom stereocenters. The second-order valence-corrected chi connectivity index (χ2v) is 7.16. The van der Waals surface area contributed by atoms with Crippen molar-refractivity contribution in [2.45, 2.75) is 32.4 Å². The summed E-state index contributed by atoms with van der Waals surface area (Å²) in [6, 6.07) is 19.4. The van der Waals surface area contributed by atoms with Crippen LogP contribution in [0.2, 0.25) is 0 Å². The molecule has 2 aromatic carbocycles. The fourth-order valence-electron chi connectivity index (χ4n) is 4.06. The van der Waals surface area contributed by atoms with Crippen LogP contribution in [-0.2, 0) is 24.3 Å². The summed E-state index contributed by atoms with van der Waals surface area (Å²) in [6.07, 6.45) is 0.603. The molecule has 0 saturated heterocycles. The third-order valence-corrected chi connectivity index (χ3v) is 5.46. The number of aromatic carboxylic acids is 1. The first-order chi connectivity index (χ1) is 14.1. The molecule has 1 aliphatic rings. The lowest BCUT2D eigenvalue weighted by Gasteiger charge is -2.31. The Bertz CT molecular complexity index is 989. The van der Waals surface area contributed by atoms with Crippen LogP contribution in [0.5, 0.6) is 0 Å². The average Bonchev–Trinajstić information content (AvgIpc) is 3.14. The van der Waals surface area contributed by atoms with Crippen molar-refractivity contribution in [3.8, 4) is 0 Å². The highest BCUT2D eigenvalue weighted by molar-refractivity contribution is 5.89. The van der Waals surface area contributed by atoms with Crippen molar-refractivity contribution in [2.75, 3.05) is 6.54 Å². The molecule has 6 heteroatoms. The number of amides is 1. The van der Waals surface area contributed by atoms with Gasteiger partial charge in [-0.2, -0.15) is 5.10 Å². The second kappa shape index (κ2) is 7.91. The first-order valence-corrected chi connectivity index (χ1v) is 9.80. The number of benzene rings is 2. The van der Waals surface area contributed by atoms with Crippen molar-refractivity contribution in [3.05, 3.63) is 88.7 Å². The summed E-state index contributed by atoms with van der Waals surface area (Å²) in [6.45, 7) is 3.37. The van der Waals surface area contributed by atoms with Gasteiger partial charge in [-0.1, -0.05) is 60.7 Å². The molecule has 2 heterocycles. The Morgan fingerprint density at radius 1 is 1.03 bits per heavy atom. The molecule has 29 heavy (non-hydrogen) atoms. The Morgan fingerprint density at radius 2 is 1.62 bits per heavy atom. The van der Waals surface area contributed by atoms with Crippen molar-refractivity contribution >= 4 is 11.9 Å². The molecule has 4 rings (SSSR count). The molecular weight excluding hydrogens is 366 g/mol. The molecule has 0 radical (unpaired) electrons. The molecule has 0 aliphatic carbocycles.